The van der Waals surface area contributed by atoms with Crippen molar-refractivity contribution in [1.82, 2.24) is 10.2 Å². The van der Waals surface area contributed by atoms with Crippen LogP contribution in [0, 0.1) is 0 Å². The van der Waals surface area contributed by atoms with E-state index in [-0.39, 0.29) is 5.54 Å². The first-order valence-corrected chi connectivity index (χ1v) is 8.31. The standard InChI is InChI=1S/C18H30N2O2/c1-15(4-5-16-6-8-17(21)9-7-16)19-14-18(2,3)20-10-12-22-13-11-20/h6-9,15,19,21H,4-5,10-14H2,1-3H3. The summed E-state index contributed by atoms with van der Waals surface area (Å²) in [4.78, 5) is 2.51. The third kappa shape index (κ3) is 5.27. The summed E-state index contributed by atoms with van der Waals surface area (Å²) < 4.78 is 5.44. The van der Waals surface area contributed by atoms with E-state index in [2.05, 4.69) is 31.0 Å². The number of benzene rings is 1. The van der Waals surface area contributed by atoms with Crippen LogP contribution in [0.15, 0.2) is 24.3 Å². The third-order valence-electron chi connectivity index (χ3n) is 4.55. The van der Waals surface area contributed by atoms with Crippen LogP contribution in [0.3, 0.4) is 0 Å². The quantitative estimate of drug-likeness (QED) is 0.812. The van der Waals surface area contributed by atoms with Gasteiger partial charge in [-0.15, -0.1) is 0 Å². The molecule has 0 aromatic heterocycles. The van der Waals surface area contributed by atoms with E-state index in [1.807, 2.05) is 12.1 Å². The fourth-order valence-corrected chi connectivity index (χ4v) is 2.85. The second kappa shape index (κ2) is 7.95. The fraction of sp³-hybridized carbons (Fsp3) is 0.667. The summed E-state index contributed by atoms with van der Waals surface area (Å²) >= 11 is 0. The monoisotopic (exact) mass is 306 g/mol. The maximum absolute atomic E-state index is 9.31. The summed E-state index contributed by atoms with van der Waals surface area (Å²) in [6.45, 7) is 11.6. The lowest BCUT2D eigenvalue weighted by Gasteiger charge is -2.41. The van der Waals surface area contributed by atoms with Crippen molar-refractivity contribution in [3.05, 3.63) is 29.8 Å². The summed E-state index contributed by atoms with van der Waals surface area (Å²) in [5.74, 6) is 0.335. The normalized spacial score (nSPS) is 18.3. The SMILES string of the molecule is CC(CCc1ccc(O)cc1)NCC(C)(C)N1CCOCC1. The maximum atomic E-state index is 9.31. The summed E-state index contributed by atoms with van der Waals surface area (Å²) in [5.41, 5.74) is 1.44. The van der Waals surface area contributed by atoms with Crippen molar-refractivity contribution in [3.63, 3.8) is 0 Å². The molecule has 1 atom stereocenters. The molecule has 1 fully saturated rings. The molecule has 1 unspecified atom stereocenters. The second-order valence-corrected chi connectivity index (χ2v) is 6.90. The molecule has 1 aromatic carbocycles. The molecule has 4 nitrogen and oxygen atoms in total. The Morgan fingerprint density at radius 1 is 1.23 bits per heavy atom. The average Bonchev–Trinajstić information content (AvgIpc) is 2.53. The highest BCUT2D eigenvalue weighted by molar-refractivity contribution is 5.25. The Kier molecular flexibility index (Phi) is 6.24. The summed E-state index contributed by atoms with van der Waals surface area (Å²) in [7, 11) is 0. The number of morpholine rings is 1. The minimum absolute atomic E-state index is 0.163. The van der Waals surface area contributed by atoms with Crippen molar-refractivity contribution < 1.29 is 9.84 Å². The molecule has 0 bridgehead atoms. The molecule has 0 spiro atoms. The number of phenolic OH excluding ortho intramolecular Hbond substituents is 1. The molecule has 2 rings (SSSR count). The van der Waals surface area contributed by atoms with Crippen LogP contribution in [0.4, 0.5) is 0 Å². The van der Waals surface area contributed by atoms with E-state index in [0.717, 1.165) is 45.7 Å². The van der Waals surface area contributed by atoms with Gasteiger partial charge < -0.3 is 15.2 Å². The molecule has 22 heavy (non-hydrogen) atoms. The average molecular weight is 306 g/mol. The Hall–Kier alpha value is -1.10. The predicted molar refractivity (Wildman–Crippen MR) is 90.4 cm³/mol. The van der Waals surface area contributed by atoms with Crippen LogP contribution in [0.1, 0.15) is 32.8 Å². The van der Waals surface area contributed by atoms with Crippen molar-refractivity contribution in [2.45, 2.75) is 45.2 Å². The van der Waals surface area contributed by atoms with Gasteiger partial charge in [0.15, 0.2) is 0 Å². The Morgan fingerprint density at radius 3 is 2.50 bits per heavy atom. The van der Waals surface area contributed by atoms with Crippen LogP contribution < -0.4 is 5.32 Å². The molecular formula is C18H30N2O2. The highest BCUT2D eigenvalue weighted by Gasteiger charge is 2.28. The van der Waals surface area contributed by atoms with Crippen LogP contribution in [0.25, 0.3) is 0 Å². The number of hydrogen-bond acceptors (Lipinski definition) is 4. The number of aromatic hydroxyl groups is 1. The lowest BCUT2D eigenvalue weighted by atomic mass is 10.0. The number of rotatable bonds is 7. The van der Waals surface area contributed by atoms with Crippen molar-refractivity contribution in [3.8, 4) is 5.75 Å². The minimum Gasteiger partial charge on any atom is -0.508 e. The third-order valence-corrected chi connectivity index (χ3v) is 4.55. The summed E-state index contributed by atoms with van der Waals surface area (Å²) in [5, 5.41) is 13.0. The molecule has 1 aliphatic heterocycles. The molecule has 124 valence electrons. The molecule has 0 amide bonds. The zero-order valence-electron chi connectivity index (χ0n) is 14.1. The Morgan fingerprint density at radius 2 is 1.86 bits per heavy atom. The number of nitrogens with zero attached hydrogens (tertiary/aromatic N) is 1. The highest BCUT2D eigenvalue weighted by Crippen LogP contribution is 2.16. The maximum Gasteiger partial charge on any atom is 0.115 e. The zero-order chi connectivity index (χ0) is 16.0. The van der Waals surface area contributed by atoms with E-state index in [1.54, 1.807) is 12.1 Å². The van der Waals surface area contributed by atoms with Gasteiger partial charge in [-0.05, 0) is 51.3 Å². The van der Waals surface area contributed by atoms with Gasteiger partial charge in [0.25, 0.3) is 0 Å². The fourth-order valence-electron chi connectivity index (χ4n) is 2.85. The first kappa shape index (κ1) is 17.3. The number of nitrogens with one attached hydrogen (secondary N) is 1. The molecule has 1 heterocycles. The number of hydrogen-bond donors (Lipinski definition) is 2. The van der Waals surface area contributed by atoms with Gasteiger partial charge in [0, 0.05) is 31.2 Å². The van der Waals surface area contributed by atoms with Crippen LogP contribution in [-0.2, 0) is 11.2 Å². The molecule has 1 aromatic rings. The molecule has 2 N–H and O–H groups in total. The van der Waals surface area contributed by atoms with Crippen LogP contribution in [0.5, 0.6) is 5.75 Å². The highest BCUT2D eigenvalue weighted by atomic mass is 16.5. The van der Waals surface area contributed by atoms with E-state index in [4.69, 9.17) is 4.74 Å². The Labute approximate surface area is 134 Å². The second-order valence-electron chi connectivity index (χ2n) is 6.90. The van der Waals surface area contributed by atoms with Crippen LogP contribution in [-0.4, -0.2) is 54.4 Å². The largest absolute Gasteiger partial charge is 0.508 e. The molecular weight excluding hydrogens is 276 g/mol. The topological polar surface area (TPSA) is 44.7 Å². The van der Waals surface area contributed by atoms with Gasteiger partial charge in [0.1, 0.15) is 5.75 Å². The van der Waals surface area contributed by atoms with Gasteiger partial charge in [0.05, 0.1) is 13.2 Å². The molecule has 0 radical (unpaired) electrons. The predicted octanol–water partition coefficient (Wildman–Crippen LogP) is 2.41. The Bertz CT molecular complexity index is 439. The van der Waals surface area contributed by atoms with Crippen molar-refractivity contribution >= 4 is 0 Å². The molecule has 0 aliphatic carbocycles. The van der Waals surface area contributed by atoms with Gasteiger partial charge in [-0.2, -0.15) is 0 Å². The van der Waals surface area contributed by atoms with Gasteiger partial charge in [-0.3, -0.25) is 4.90 Å². The molecule has 1 aliphatic rings. The van der Waals surface area contributed by atoms with Crippen LogP contribution >= 0.6 is 0 Å². The van der Waals surface area contributed by atoms with Crippen LogP contribution in [0.2, 0.25) is 0 Å². The van der Waals surface area contributed by atoms with Crippen molar-refractivity contribution in [2.24, 2.45) is 0 Å². The summed E-state index contributed by atoms with van der Waals surface area (Å²) in [6, 6.07) is 8.00. The van der Waals surface area contributed by atoms with E-state index in [0.29, 0.717) is 11.8 Å². The number of phenols is 1. The van der Waals surface area contributed by atoms with E-state index >= 15 is 0 Å². The molecule has 4 heteroatoms. The lowest BCUT2D eigenvalue weighted by Crippen LogP contribution is -2.55. The van der Waals surface area contributed by atoms with Gasteiger partial charge in [-0.25, -0.2) is 0 Å². The number of ether oxygens (including phenoxy) is 1. The van der Waals surface area contributed by atoms with Gasteiger partial charge in [0.2, 0.25) is 0 Å². The summed E-state index contributed by atoms with van der Waals surface area (Å²) in [6.07, 6.45) is 2.14. The van der Waals surface area contributed by atoms with E-state index < -0.39 is 0 Å². The van der Waals surface area contributed by atoms with Gasteiger partial charge >= 0.3 is 0 Å². The minimum atomic E-state index is 0.163. The first-order chi connectivity index (χ1) is 10.5. The number of aryl methyl sites for hydroxylation is 1. The smallest absolute Gasteiger partial charge is 0.115 e. The van der Waals surface area contributed by atoms with Crippen molar-refractivity contribution in [2.75, 3.05) is 32.8 Å². The first-order valence-electron chi connectivity index (χ1n) is 8.31. The van der Waals surface area contributed by atoms with Crippen molar-refractivity contribution in [1.29, 1.82) is 0 Å². The molecule has 0 saturated carbocycles. The zero-order valence-corrected chi connectivity index (χ0v) is 14.1. The van der Waals surface area contributed by atoms with Gasteiger partial charge in [-0.1, -0.05) is 12.1 Å². The lowest BCUT2D eigenvalue weighted by molar-refractivity contribution is -0.0103. The van der Waals surface area contributed by atoms with E-state index in [9.17, 15) is 5.11 Å². The Balaban J connectivity index is 1.72. The molecule has 1 saturated heterocycles. The van der Waals surface area contributed by atoms with E-state index in [1.165, 1.54) is 5.56 Å².